The molecule has 5 nitrogen and oxygen atoms in total. The van der Waals surface area contributed by atoms with Crippen LogP contribution in [-0.2, 0) is 0 Å². The first kappa shape index (κ1) is 21.0. The standard InChI is InChI=1S/C15H9Cl2F5N2O3/c16-8-4-23-5-9(17)12(8)24-13(25)7-1-2-10(27-14(18)19)11(3-7)26-6-15(20,21)22/h1-5,14H,6H2,(H,23,24,25). The van der Waals surface area contributed by atoms with Crippen molar-refractivity contribution in [1.82, 2.24) is 4.98 Å². The lowest BCUT2D eigenvalue weighted by Gasteiger charge is -2.15. The van der Waals surface area contributed by atoms with Crippen LogP contribution in [0.4, 0.5) is 27.6 Å². The molecule has 1 heterocycles. The topological polar surface area (TPSA) is 60.5 Å². The third-order valence-electron chi connectivity index (χ3n) is 2.91. The van der Waals surface area contributed by atoms with Crippen LogP contribution in [0.15, 0.2) is 30.6 Å². The van der Waals surface area contributed by atoms with Gasteiger partial charge in [0.1, 0.15) is 0 Å². The van der Waals surface area contributed by atoms with Crippen LogP contribution >= 0.6 is 23.2 Å². The molecule has 1 aromatic heterocycles. The highest BCUT2D eigenvalue weighted by molar-refractivity contribution is 6.39. The van der Waals surface area contributed by atoms with E-state index < -0.39 is 36.8 Å². The number of nitrogens with one attached hydrogen (secondary N) is 1. The summed E-state index contributed by atoms with van der Waals surface area (Å²) in [6.07, 6.45) is -2.31. The highest BCUT2D eigenvalue weighted by atomic mass is 35.5. The molecule has 1 amide bonds. The zero-order valence-corrected chi connectivity index (χ0v) is 14.5. The van der Waals surface area contributed by atoms with E-state index in [-0.39, 0.29) is 21.3 Å². The third kappa shape index (κ3) is 6.10. The van der Waals surface area contributed by atoms with Gasteiger partial charge in [-0.3, -0.25) is 9.78 Å². The molecule has 0 radical (unpaired) electrons. The Morgan fingerprint density at radius 2 is 1.78 bits per heavy atom. The number of hydrogen-bond acceptors (Lipinski definition) is 4. The molecule has 2 aromatic rings. The number of carbonyl (C=O) groups excluding carboxylic acids is 1. The second-order valence-electron chi connectivity index (χ2n) is 4.88. The molecule has 146 valence electrons. The van der Waals surface area contributed by atoms with E-state index in [1.807, 2.05) is 0 Å². The Kier molecular flexibility index (Phi) is 6.66. The van der Waals surface area contributed by atoms with Crippen molar-refractivity contribution in [3.05, 3.63) is 46.2 Å². The summed E-state index contributed by atoms with van der Waals surface area (Å²) in [5.41, 5.74) is -0.193. The van der Waals surface area contributed by atoms with Crippen LogP contribution in [0.25, 0.3) is 0 Å². The molecule has 0 aliphatic heterocycles. The van der Waals surface area contributed by atoms with Crippen molar-refractivity contribution >= 4 is 34.8 Å². The predicted molar refractivity (Wildman–Crippen MR) is 86.8 cm³/mol. The minimum atomic E-state index is -4.72. The van der Waals surface area contributed by atoms with Gasteiger partial charge in [-0.05, 0) is 18.2 Å². The van der Waals surface area contributed by atoms with Crippen LogP contribution in [-0.4, -0.2) is 30.3 Å². The molecule has 0 fully saturated rings. The van der Waals surface area contributed by atoms with Crippen molar-refractivity contribution in [2.75, 3.05) is 11.9 Å². The molecule has 0 aliphatic carbocycles. The summed E-state index contributed by atoms with van der Waals surface area (Å²) in [6.45, 7) is -5.06. The number of benzene rings is 1. The molecule has 0 aliphatic rings. The number of rotatable bonds is 6. The summed E-state index contributed by atoms with van der Waals surface area (Å²) in [4.78, 5) is 16.0. The highest BCUT2D eigenvalue weighted by Gasteiger charge is 2.29. The fraction of sp³-hybridized carbons (Fsp3) is 0.200. The molecule has 0 atom stereocenters. The molecular weight excluding hydrogens is 422 g/mol. The summed E-state index contributed by atoms with van der Waals surface area (Å²) in [6, 6.07) is 2.75. The zero-order chi connectivity index (χ0) is 20.2. The lowest BCUT2D eigenvalue weighted by molar-refractivity contribution is -0.154. The summed E-state index contributed by atoms with van der Waals surface area (Å²) in [5.74, 6) is -2.18. The Morgan fingerprint density at radius 3 is 2.33 bits per heavy atom. The maximum Gasteiger partial charge on any atom is 0.422 e. The minimum Gasteiger partial charge on any atom is -0.480 e. The number of aromatic nitrogens is 1. The van der Waals surface area contributed by atoms with E-state index in [1.165, 1.54) is 12.4 Å². The number of ether oxygens (including phenoxy) is 2. The monoisotopic (exact) mass is 430 g/mol. The largest absolute Gasteiger partial charge is 0.480 e. The minimum absolute atomic E-state index is 0.0158. The van der Waals surface area contributed by atoms with Crippen molar-refractivity contribution in [2.45, 2.75) is 12.8 Å². The van der Waals surface area contributed by atoms with E-state index in [0.717, 1.165) is 18.2 Å². The van der Waals surface area contributed by atoms with Gasteiger partial charge in [-0.1, -0.05) is 23.2 Å². The lowest BCUT2D eigenvalue weighted by Crippen LogP contribution is -2.20. The summed E-state index contributed by atoms with van der Waals surface area (Å²) >= 11 is 11.7. The van der Waals surface area contributed by atoms with Gasteiger partial charge >= 0.3 is 12.8 Å². The molecule has 0 saturated heterocycles. The van der Waals surface area contributed by atoms with Gasteiger partial charge in [0.25, 0.3) is 5.91 Å². The number of carbonyl (C=O) groups is 1. The molecule has 27 heavy (non-hydrogen) atoms. The van der Waals surface area contributed by atoms with E-state index in [4.69, 9.17) is 23.2 Å². The molecule has 1 aromatic carbocycles. The van der Waals surface area contributed by atoms with Gasteiger partial charge in [-0.2, -0.15) is 22.0 Å². The van der Waals surface area contributed by atoms with Crippen molar-refractivity contribution in [3.8, 4) is 11.5 Å². The number of pyridine rings is 1. The second kappa shape index (κ2) is 8.57. The van der Waals surface area contributed by atoms with Crippen LogP contribution < -0.4 is 14.8 Å². The number of hydrogen-bond donors (Lipinski definition) is 1. The van der Waals surface area contributed by atoms with Gasteiger partial charge in [0.05, 0.1) is 15.7 Å². The Bertz CT molecular complexity index is 813. The molecule has 0 saturated carbocycles. The van der Waals surface area contributed by atoms with Gasteiger partial charge in [0.15, 0.2) is 18.1 Å². The average molecular weight is 431 g/mol. The van der Waals surface area contributed by atoms with Gasteiger partial charge in [0, 0.05) is 18.0 Å². The number of amides is 1. The van der Waals surface area contributed by atoms with Crippen LogP contribution in [0.1, 0.15) is 10.4 Å². The lowest BCUT2D eigenvalue weighted by atomic mass is 10.2. The Morgan fingerprint density at radius 1 is 1.15 bits per heavy atom. The van der Waals surface area contributed by atoms with Gasteiger partial charge in [-0.25, -0.2) is 0 Å². The van der Waals surface area contributed by atoms with Crippen molar-refractivity contribution in [2.24, 2.45) is 0 Å². The predicted octanol–water partition coefficient (Wildman–Crippen LogP) is 5.18. The maximum absolute atomic E-state index is 12.4. The fourth-order valence-corrected chi connectivity index (χ4v) is 2.29. The first-order chi connectivity index (χ1) is 12.6. The quantitative estimate of drug-likeness (QED) is 0.641. The van der Waals surface area contributed by atoms with E-state index in [2.05, 4.69) is 19.8 Å². The summed E-state index contributed by atoms with van der Waals surface area (Å²) in [5, 5.41) is 2.38. The molecule has 12 heteroatoms. The smallest absolute Gasteiger partial charge is 0.422 e. The molecular formula is C15H9Cl2F5N2O3. The van der Waals surface area contributed by atoms with Gasteiger partial charge in [-0.15, -0.1) is 0 Å². The Balaban J connectivity index is 2.29. The number of anilines is 1. The van der Waals surface area contributed by atoms with Crippen molar-refractivity contribution in [1.29, 1.82) is 0 Å². The molecule has 2 rings (SSSR count). The molecule has 1 N–H and O–H groups in total. The van der Waals surface area contributed by atoms with E-state index in [0.29, 0.717) is 0 Å². The number of halogens is 7. The molecule has 0 unspecified atom stereocenters. The third-order valence-corrected chi connectivity index (χ3v) is 3.48. The Labute approximate surface area is 159 Å². The van der Waals surface area contributed by atoms with Crippen LogP contribution in [0.5, 0.6) is 11.5 Å². The zero-order valence-electron chi connectivity index (χ0n) is 13.0. The molecule has 0 bridgehead atoms. The van der Waals surface area contributed by atoms with E-state index in [1.54, 1.807) is 0 Å². The first-order valence-corrected chi connectivity index (χ1v) is 7.71. The van der Waals surface area contributed by atoms with E-state index >= 15 is 0 Å². The summed E-state index contributed by atoms with van der Waals surface area (Å²) < 4.78 is 70.4. The number of alkyl halides is 5. The summed E-state index contributed by atoms with van der Waals surface area (Å²) in [7, 11) is 0. The Hall–Kier alpha value is -2.33. The SMILES string of the molecule is O=C(Nc1c(Cl)cncc1Cl)c1ccc(OC(F)F)c(OCC(F)(F)F)c1. The van der Waals surface area contributed by atoms with Crippen LogP contribution in [0.2, 0.25) is 10.0 Å². The van der Waals surface area contributed by atoms with Gasteiger partial charge in [0.2, 0.25) is 0 Å². The number of nitrogens with zero attached hydrogens (tertiary/aromatic N) is 1. The maximum atomic E-state index is 12.4. The van der Waals surface area contributed by atoms with Crippen LogP contribution in [0.3, 0.4) is 0 Å². The second-order valence-corrected chi connectivity index (χ2v) is 5.69. The van der Waals surface area contributed by atoms with E-state index in [9.17, 15) is 26.7 Å². The van der Waals surface area contributed by atoms with Crippen molar-refractivity contribution < 1.29 is 36.2 Å². The average Bonchev–Trinajstić information content (AvgIpc) is 2.56. The van der Waals surface area contributed by atoms with Crippen molar-refractivity contribution in [3.63, 3.8) is 0 Å². The first-order valence-electron chi connectivity index (χ1n) is 6.95. The molecule has 0 spiro atoms. The van der Waals surface area contributed by atoms with Crippen LogP contribution in [0, 0.1) is 0 Å². The highest BCUT2D eigenvalue weighted by Crippen LogP contribution is 2.33. The normalized spacial score (nSPS) is 11.4. The fourth-order valence-electron chi connectivity index (χ4n) is 1.83. The van der Waals surface area contributed by atoms with Gasteiger partial charge < -0.3 is 14.8 Å².